The molecule has 6 saturated carbocycles. The van der Waals surface area contributed by atoms with E-state index in [1.807, 2.05) is 6.92 Å². The summed E-state index contributed by atoms with van der Waals surface area (Å²) in [6.45, 7) is 28.3. The average Bonchev–Trinajstić information content (AvgIpc) is 4.20. The SMILES string of the molecule is COc1c(Br)ccc(F)c1CN1O[C@@H](CO)[C@@H]([C@H](C)O)C1C(=O)N[C@H]1C[C@H]2C[C@@H]([C@@H]1C)C2(C)C.COc1c(Br)ccc(F)c1CN1O[C@@H](CO[Si](C)(C)C(C)(C)C)[C@H]2[C@H](C)OC(=O)[C@H]21.C[C@@H]1[C@@H](N)C[C@H]2C[C@@H]1C2(C)C.[CH3][Al]([CH3])[CH3]. The molecule has 2 aromatic rings. The van der Waals surface area contributed by atoms with Crippen molar-refractivity contribution in [1.29, 1.82) is 0 Å². The maximum atomic E-state index is 14.8. The fourth-order valence-corrected chi connectivity index (χ4v) is 15.6. The molecule has 3 saturated heterocycles. The van der Waals surface area contributed by atoms with Gasteiger partial charge in [-0.05, 0) is 160 Å². The Morgan fingerprint density at radius 3 is 1.77 bits per heavy atom. The number of carbonyl (C=O) groups excluding carboxylic acids is 2. The number of rotatable bonds is 13. The lowest BCUT2D eigenvalue weighted by Crippen LogP contribution is -2.62. The van der Waals surface area contributed by atoms with Crippen molar-refractivity contribution in [2.75, 3.05) is 27.4 Å². The number of nitrogens with two attached hydrogens (primary N) is 1. The third-order valence-electron chi connectivity index (χ3n) is 19.7. The van der Waals surface area contributed by atoms with Gasteiger partial charge in [-0.3, -0.25) is 19.3 Å². The zero-order chi connectivity index (χ0) is 59.2. The van der Waals surface area contributed by atoms with Crippen molar-refractivity contribution < 1.29 is 56.9 Å². The number of esters is 1. The summed E-state index contributed by atoms with van der Waals surface area (Å²) in [5, 5.41) is 26.7. The Labute approximate surface area is 493 Å². The van der Waals surface area contributed by atoms with Crippen molar-refractivity contribution in [2.45, 2.75) is 199 Å². The van der Waals surface area contributed by atoms with E-state index in [9.17, 15) is 28.6 Å². The number of benzene rings is 2. The molecule has 20 heteroatoms. The first-order valence-electron chi connectivity index (χ1n) is 28.7. The molecule has 6 aliphatic carbocycles. The maximum Gasteiger partial charge on any atom is 0.326 e. The van der Waals surface area contributed by atoms with Crippen LogP contribution in [0.15, 0.2) is 33.2 Å². The van der Waals surface area contributed by atoms with Crippen LogP contribution in [0.3, 0.4) is 0 Å². The number of aliphatic hydroxyl groups is 2. The predicted octanol–water partition coefficient (Wildman–Crippen LogP) is 11.3. The van der Waals surface area contributed by atoms with Crippen LogP contribution < -0.4 is 20.5 Å². The number of hydroxylamine groups is 4. The lowest BCUT2D eigenvalue weighted by Gasteiger charge is -2.62. The second kappa shape index (κ2) is 26.2. The first kappa shape index (κ1) is 66.4. The number of fused-ring (bicyclic) bond motifs is 5. The first-order valence-corrected chi connectivity index (χ1v) is 36.7. The second-order valence-electron chi connectivity index (χ2n) is 27.1. The van der Waals surface area contributed by atoms with Crippen molar-refractivity contribution in [3.8, 4) is 11.5 Å². The molecule has 3 aliphatic heterocycles. The monoisotopic (exact) mass is 1270 g/mol. The number of hydrogen-bond acceptors (Lipinski definition) is 13. The molecule has 0 radical (unpaired) electrons. The topological polar surface area (TPSA) is 175 Å². The van der Waals surface area contributed by atoms with E-state index in [-0.39, 0.29) is 80.5 Å². The van der Waals surface area contributed by atoms with Crippen molar-refractivity contribution in [3.63, 3.8) is 0 Å². The third-order valence-corrected chi connectivity index (χ3v) is 25.4. The minimum absolute atomic E-state index is 0.0334. The van der Waals surface area contributed by atoms with E-state index in [0.29, 0.717) is 67.2 Å². The number of carbonyl (C=O) groups is 2. The number of nitrogens with zero attached hydrogens (tertiary/aromatic N) is 2. The quantitative estimate of drug-likeness (QED) is 0.110. The number of nitrogens with one attached hydrogen (secondary N) is 1. The third kappa shape index (κ3) is 14.0. The Morgan fingerprint density at radius 1 is 0.861 bits per heavy atom. The van der Waals surface area contributed by atoms with E-state index in [0.717, 1.165) is 24.2 Å². The van der Waals surface area contributed by atoms with Crippen LogP contribution in [0.4, 0.5) is 8.78 Å². The molecule has 4 bridgehead atoms. The van der Waals surface area contributed by atoms with Crippen molar-refractivity contribution in [2.24, 2.45) is 63.9 Å². The largest absolute Gasteiger partial charge is 0.495 e. The van der Waals surface area contributed by atoms with Gasteiger partial charge in [0, 0.05) is 29.1 Å². The van der Waals surface area contributed by atoms with E-state index in [2.05, 4.69) is 130 Å². The second-order valence-corrected chi connectivity index (χ2v) is 37.1. The highest BCUT2D eigenvalue weighted by atomic mass is 79.9. The van der Waals surface area contributed by atoms with Crippen LogP contribution in [0.1, 0.15) is 113 Å². The molecule has 1 unspecified atom stereocenters. The first-order chi connectivity index (χ1) is 36.6. The summed E-state index contributed by atoms with van der Waals surface area (Å²) in [4.78, 5) is 38.3. The van der Waals surface area contributed by atoms with Crippen LogP contribution in [0.2, 0.25) is 35.5 Å². The molecule has 16 atom stereocenters. The Kier molecular flexibility index (Phi) is 22.0. The fraction of sp³-hybridized carbons (Fsp3) is 0.763. The van der Waals surface area contributed by atoms with Gasteiger partial charge in [-0.1, -0.05) is 62.3 Å². The van der Waals surface area contributed by atoms with E-state index < -0.39 is 50.2 Å². The smallest absolute Gasteiger partial charge is 0.326 e. The maximum absolute atomic E-state index is 14.8. The summed E-state index contributed by atoms with van der Waals surface area (Å²) < 4.78 is 53.3. The van der Waals surface area contributed by atoms with Crippen molar-refractivity contribution >= 4 is 66.2 Å². The van der Waals surface area contributed by atoms with Gasteiger partial charge < -0.3 is 39.9 Å². The number of halogens is 4. The van der Waals surface area contributed by atoms with Crippen LogP contribution in [0.5, 0.6) is 11.5 Å². The summed E-state index contributed by atoms with van der Waals surface area (Å²) in [5.74, 6) is 9.30. The molecule has 0 spiro atoms. The van der Waals surface area contributed by atoms with E-state index in [4.69, 9.17) is 34.0 Å². The lowest BCUT2D eigenvalue weighted by atomic mass is 9.45. The molecule has 11 rings (SSSR count). The Bertz CT molecular complexity index is 2430. The molecule has 0 aromatic heterocycles. The van der Waals surface area contributed by atoms with Crippen molar-refractivity contribution in [1.82, 2.24) is 15.4 Å². The van der Waals surface area contributed by atoms with Gasteiger partial charge in [0.15, 0.2) is 8.32 Å². The van der Waals surface area contributed by atoms with E-state index >= 15 is 0 Å². The van der Waals surface area contributed by atoms with Crippen LogP contribution in [0.25, 0.3) is 0 Å². The Morgan fingerprint density at radius 2 is 1.34 bits per heavy atom. The molecule has 9 aliphatic rings. The standard InChI is InChI=1S/C25H36BrFN2O5.C21H31BrFNO5Si.C10H19N.3CH3.Al/c1-12-16-8-14(25(16,3)4)9-19(12)28-24(32)22-21(13(2)31)20(11-30)34-29(22)10-15-18(27)7-6-17(26)23(15)33-5;1-12-17-16(11-27-30(6,7)21(2,3)4)29-24(18(17)20(25)28-12)10-13-15(23)9-8-14(22)19(13)26-5;1-6-8-4-7(5-9(6)11)10(8,2)3;;;;/h6-7,12-14,16,19-22,30-31H,8-11H2,1-5H3,(H,28,32);8-9,12,16-18H,10-11H2,1-7H3;6-9H,4-5,11H2,1-3H3;3*1H3;/t12-,13-,14+,16-,19-,20-,21+,22?;12-,16-,17+,18-;6-,7+,8-,9-;;;;/m000..../s1. The number of aliphatic hydroxyl groups excluding tert-OH is 2. The summed E-state index contributed by atoms with van der Waals surface area (Å²) in [6.07, 6.45) is 2.50. The molecule has 2 aromatic carbocycles. The molecule has 446 valence electrons. The Hall–Kier alpha value is -1.77. The van der Waals surface area contributed by atoms with E-state index in [1.54, 1.807) is 19.1 Å². The summed E-state index contributed by atoms with van der Waals surface area (Å²) in [7, 11) is 0.940. The number of cyclic esters (lactones) is 1. The highest BCUT2D eigenvalue weighted by Crippen LogP contribution is 2.62. The van der Waals surface area contributed by atoms with Gasteiger partial charge in [-0.25, -0.2) is 8.78 Å². The zero-order valence-corrected chi connectivity index (χ0v) is 55.8. The molecule has 3 heterocycles. The molecule has 5 N–H and O–H groups in total. The van der Waals surface area contributed by atoms with Gasteiger partial charge >= 0.3 is 5.97 Å². The van der Waals surface area contributed by atoms with Crippen molar-refractivity contribution in [3.05, 3.63) is 56.0 Å². The van der Waals surface area contributed by atoms with Gasteiger partial charge in [0.2, 0.25) is 5.91 Å². The highest BCUT2D eigenvalue weighted by Gasteiger charge is 2.59. The molecular weight excluding hydrogens is 1180 g/mol. The fourth-order valence-electron chi connectivity index (χ4n) is 13.5. The molecule has 9 fully saturated rings. The minimum atomic E-state index is -1.99. The highest BCUT2D eigenvalue weighted by molar-refractivity contribution is 9.11. The number of ether oxygens (including phenoxy) is 3. The molecule has 1 amide bonds. The lowest BCUT2D eigenvalue weighted by molar-refractivity contribution is -0.195. The van der Waals surface area contributed by atoms with Crippen LogP contribution in [0, 0.1) is 69.8 Å². The summed E-state index contributed by atoms with van der Waals surface area (Å²) in [6, 6.07) is 4.86. The van der Waals surface area contributed by atoms with Crippen LogP contribution in [-0.2, 0) is 41.5 Å². The van der Waals surface area contributed by atoms with E-state index in [1.165, 1.54) is 55.7 Å². The summed E-state index contributed by atoms with van der Waals surface area (Å²) >= 11 is 6.63. The van der Waals surface area contributed by atoms with Gasteiger partial charge in [0.05, 0.1) is 61.5 Å². The van der Waals surface area contributed by atoms with Gasteiger partial charge in [0.1, 0.15) is 53.5 Å². The Balaban J connectivity index is 0.000000203. The van der Waals surface area contributed by atoms with Gasteiger partial charge in [-0.15, -0.1) is 17.4 Å². The van der Waals surface area contributed by atoms with Gasteiger partial charge in [0.25, 0.3) is 14.1 Å². The molecule has 14 nitrogen and oxygen atoms in total. The normalized spacial score (nSPS) is 33.4. The molecule has 79 heavy (non-hydrogen) atoms. The number of amides is 1. The minimum Gasteiger partial charge on any atom is -0.495 e. The van der Waals surface area contributed by atoms with Gasteiger partial charge in [-0.2, -0.15) is 10.1 Å². The average molecular weight is 1270 g/mol. The number of methoxy groups -OCH3 is 2. The summed E-state index contributed by atoms with van der Waals surface area (Å²) in [5.41, 5.74) is 7.47. The predicted molar refractivity (Wildman–Crippen MR) is 316 cm³/mol. The van der Waals surface area contributed by atoms with Crippen LogP contribution in [-0.4, -0.2) is 131 Å². The van der Waals surface area contributed by atoms with Crippen LogP contribution >= 0.6 is 31.9 Å². The molecular formula is C59H95AlBr2F2N4O10Si. The number of hydrogen-bond donors (Lipinski definition) is 4. The zero-order valence-electron chi connectivity index (χ0n) is 50.4.